The number of aromatic nitrogens is 1. The average molecular weight is 295 g/mol. The molecular formula is C16H23ClN2O. The second-order valence-electron chi connectivity index (χ2n) is 6.14. The Morgan fingerprint density at radius 1 is 1.40 bits per heavy atom. The highest BCUT2D eigenvalue weighted by atomic mass is 35.5. The van der Waals surface area contributed by atoms with Gasteiger partial charge in [0.25, 0.3) is 5.91 Å². The molecule has 2 rings (SSSR count). The van der Waals surface area contributed by atoms with E-state index in [1.54, 1.807) is 0 Å². The summed E-state index contributed by atoms with van der Waals surface area (Å²) in [6, 6.07) is 3.72. The average Bonchev–Trinajstić information content (AvgIpc) is 2.41. The molecule has 4 heteroatoms. The number of nitrogens with one attached hydrogen (secondary N) is 1. The molecule has 1 heterocycles. The van der Waals surface area contributed by atoms with Gasteiger partial charge in [-0.15, -0.1) is 11.6 Å². The van der Waals surface area contributed by atoms with Crippen LogP contribution in [0.15, 0.2) is 12.1 Å². The predicted octanol–water partition coefficient (Wildman–Crippen LogP) is 3.62. The zero-order chi connectivity index (χ0) is 14.8. The number of aryl methyl sites for hydroxylation is 2. The fraction of sp³-hybridized carbons (Fsp3) is 0.625. The lowest BCUT2D eigenvalue weighted by Crippen LogP contribution is -2.52. The summed E-state index contributed by atoms with van der Waals surface area (Å²) in [6.07, 6.45) is 4.17. The second kappa shape index (κ2) is 6.13. The molecule has 3 nitrogen and oxygen atoms in total. The summed E-state index contributed by atoms with van der Waals surface area (Å²) >= 11 is 6.15. The lowest BCUT2D eigenvalue weighted by Gasteiger charge is -2.38. The van der Waals surface area contributed by atoms with Crippen LogP contribution in [-0.4, -0.2) is 22.3 Å². The summed E-state index contributed by atoms with van der Waals surface area (Å²) in [5.41, 5.74) is 2.11. The summed E-state index contributed by atoms with van der Waals surface area (Å²) in [6.45, 7) is 6.06. The lowest BCUT2D eigenvalue weighted by molar-refractivity contribution is 0.0871. The van der Waals surface area contributed by atoms with E-state index in [2.05, 4.69) is 17.2 Å². The molecule has 0 atom stereocenters. The van der Waals surface area contributed by atoms with Gasteiger partial charge in [0.15, 0.2) is 0 Å². The molecular weight excluding hydrogens is 272 g/mol. The first kappa shape index (κ1) is 15.3. The molecule has 0 aliphatic heterocycles. The van der Waals surface area contributed by atoms with Crippen molar-refractivity contribution >= 4 is 17.5 Å². The van der Waals surface area contributed by atoms with Crippen molar-refractivity contribution in [2.24, 2.45) is 5.92 Å². The number of hydrogen-bond acceptors (Lipinski definition) is 2. The van der Waals surface area contributed by atoms with E-state index in [-0.39, 0.29) is 11.4 Å². The molecule has 0 aromatic carbocycles. The fourth-order valence-electron chi connectivity index (χ4n) is 2.84. The minimum atomic E-state index is -0.248. The minimum absolute atomic E-state index is 0.0507. The van der Waals surface area contributed by atoms with Crippen molar-refractivity contribution in [1.29, 1.82) is 0 Å². The van der Waals surface area contributed by atoms with Gasteiger partial charge in [-0.25, -0.2) is 0 Å². The third-order valence-electron chi connectivity index (χ3n) is 4.34. The molecule has 1 aromatic heterocycles. The second-order valence-corrected chi connectivity index (χ2v) is 6.40. The number of nitrogens with zero attached hydrogens (tertiary/aromatic N) is 1. The van der Waals surface area contributed by atoms with Gasteiger partial charge in [-0.3, -0.25) is 9.78 Å². The maximum Gasteiger partial charge on any atom is 0.253 e. The monoisotopic (exact) mass is 294 g/mol. The van der Waals surface area contributed by atoms with Crippen molar-refractivity contribution in [1.82, 2.24) is 10.3 Å². The first-order valence-electron chi connectivity index (χ1n) is 7.28. The van der Waals surface area contributed by atoms with Crippen LogP contribution in [0.4, 0.5) is 0 Å². The van der Waals surface area contributed by atoms with Crippen LogP contribution in [0.1, 0.15) is 54.4 Å². The van der Waals surface area contributed by atoms with Gasteiger partial charge in [0, 0.05) is 11.6 Å². The number of carbonyl (C=O) groups is 1. The van der Waals surface area contributed by atoms with Crippen LogP contribution >= 0.6 is 11.6 Å². The molecule has 0 spiro atoms. The van der Waals surface area contributed by atoms with Gasteiger partial charge in [-0.05, 0) is 57.6 Å². The SMILES string of the molecule is Cc1ccc(C(=O)NC2(CCl)CCC(C)CC2)c(C)n1. The van der Waals surface area contributed by atoms with Crippen molar-refractivity contribution in [2.75, 3.05) is 5.88 Å². The van der Waals surface area contributed by atoms with Gasteiger partial charge in [0.1, 0.15) is 0 Å². The Balaban J connectivity index is 2.13. The van der Waals surface area contributed by atoms with Crippen LogP contribution in [0, 0.1) is 19.8 Å². The zero-order valence-electron chi connectivity index (χ0n) is 12.5. The number of carbonyl (C=O) groups excluding carboxylic acids is 1. The van der Waals surface area contributed by atoms with Crippen molar-refractivity contribution in [3.8, 4) is 0 Å². The molecule has 0 radical (unpaired) electrons. The Kier molecular flexibility index (Phi) is 4.69. The standard InChI is InChI=1S/C16H23ClN2O/c1-11-6-8-16(10-17,9-7-11)19-15(20)14-5-4-12(2)18-13(14)3/h4-5,11H,6-10H2,1-3H3,(H,19,20). The minimum Gasteiger partial charge on any atom is -0.345 e. The molecule has 1 N–H and O–H groups in total. The van der Waals surface area contributed by atoms with E-state index in [9.17, 15) is 4.79 Å². The summed E-state index contributed by atoms with van der Waals surface area (Å²) in [7, 11) is 0. The van der Waals surface area contributed by atoms with E-state index in [0.717, 1.165) is 43.0 Å². The molecule has 1 amide bonds. The molecule has 1 aliphatic rings. The van der Waals surface area contributed by atoms with Gasteiger partial charge in [-0.2, -0.15) is 0 Å². The number of amides is 1. The Hall–Kier alpha value is -1.09. The molecule has 1 aliphatic carbocycles. The maximum atomic E-state index is 12.5. The quantitative estimate of drug-likeness (QED) is 0.865. The third kappa shape index (κ3) is 3.32. The summed E-state index contributed by atoms with van der Waals surface area (Å²) in [4.78, 5) is 16.8. The van der Waals surface area contributed by atoms with Gasteiger partial charge in [0.05, 0.1) is 16.8 Å². The number of pyridine rings is 1. The maximum absolute atomic E-state index is 12.5. The highest BCUT2D eigenvalue weighted by molar-refractivity contribution is 6.19. The van der Waals surface area contributed by atoms with Gasteiger partial charge < -0.3 is 5.32 Å². The number of hydrogen-bond donors (Lipinski definition) is 1. The zero-order valence-corrected chi connectivity index (χ0v) is 13.3. The predicted molar refractivity (Wildman–Crippen MR) is 82.3 cm³/mol. The van der Waals surface area contributed by atoms with Crippen LogP contribution in [0.3, 0.4) is 0 Å². The van der Waals surface area contributed by atoms with Crippen molar-refractivity contribution in [3.05, 3.63) is 29.1 Å². The van der Waals surface area contributed by atoms with Crippen LogP contribution in [0.2, 0.25) is 0 Å². The lowest BCUT2D eigenvalue weighted by atomic mass is 9.78. The number of halogens is 1. The van der Waals surface area contributed by atoms with Crippen LogP contribution in [0.25, 0.3) is 0 Å². The number of rotatable bonds is 3. The third-order valence-corrected chi connectivity index (χ3v) is 4.85. The molecule has 20 heavy (non-hydrogen) atoms. The van der Waals surface area contributed by atoms with Crippen molar-refractivity contribution in [2.45, 2.75) is 52.0 Å². The van der Waals surface area contributed by atoms with E-state index < -0.39 is 0 Å². The summed E-state index contributed by atoms with van der Waals surface area (Å²) in [5.74, 6) is 1.15. The smallest absolute Gasteiger partial charge is 0.253 e. The fourth-order valence-corrected chi connectivity index (χ4v) is 3.18. The Labute approximate surface area is 126 Å². The van der Waals surface area contributed by atoms with Gasteiger partial charge in [0.2, 0.25) is 0 Å². The Morgan fingerprint density at radius 2 is 2.05 bits per heavy atom. The summed E-state index contributed by atoms with van der Waals surface area (Å²) in [5, 5.41) is 3.17. The van der Waals surface area contributed by atoms with Crippen LogP contribution in [-0.2, 0) is 0 Å². The van der Waals surface area contributed by atoms with Crippen molar-refractivity contribution in [3.63, 3.8) is 0 Å². The molecule has 1 aromatic rings. The van der Waals surface area contributed by atoms with E-state index in [0.29, 0.717) is 11.4 Å². The Bertz CT molecular complexity index is 493. The number of alkyl halides is 1. The van der Waals surface area contributed by atoms with E-state index in [1.165, 1.54) is 0 Å². The summed E-state index contributed by atoms with van der Waals surface area (Å²) < 4.78 is 0. The van der Waals surface area contributed by atoms with Crippen molar-refractivity contribution < 1.29 is 4.79 Å². The van der Waals surface area contributed by atoms with E-state index in [1.807, 2.05) is 26.0 Å². The van der Waals surface area contributed by atoms with Crippen LogP contribution < -0.4 is 5.32 Å². The molecule has 1 fully saturated rings. The molecule has 110 valence electrons. The highest BCUT2D eigenvalue weighted by Gasteiger charge is 2.35. The molecule has 0 bridgehead atoms. The van der Waals surface area contributed by atoms with Gasteiger partial charge >= 0.3 is 0 Å². The molecule has 1 saturated carbocycles. The first-order valence-corrected chi connectivity index (χ1v) is 7.82. The molecule has 0 saturated heterocycles. The largest absolute Gasteiger partial charge is 0.345 e. The Morgan fingerprint density at radius 3 is 2.60 bits per heavy atom. The molecule has 0 unspecified atom stereocenters. The van der Waals surface area contributed by atoms with Gasteiger partial charge in [-0.1, -0.05) is 6.92 Å². The first-order chi connectivity index (χ1) is 9.46. The van der Waals surface area contributed by atoms with Crippen LogP contribution in [0.5, 0.6) is 0 Å². The normalized spacial score (nSPS) is 26.3. The topological polar surface area (TPSA) is 42.0 Å². The van der Waals surface area contributed by atoms with E-state index in [4.69, 9.17) is 11.6 Å². The van der Waals surface area contributed by atoms with E-state index >= 15 is 0 Å². The highest BCUT2D eigenvalue weighted by Crippen LogP contribution is 2.33.